The normalized spacial score (nSPS) is 10.1. The van der Waals surface area contributed by atoms with Gasteiger partial charge in [-0.3, -0.25) is 0 Å². The van der Waals surface area contributed by atoms with Crippen molar-refractivity contribution in [3.05, 3.63) is 41.3 Å². The van der Waals surface area contributed by atoms with E-state index in [1.807, 2.05) is 0 Å². The average molecular weight is 236 g/mol. The summed E-state index contributed by atoms with van der Waals surface area (Å²) in [6.07, 6.45) is 1.63. The molecule has 16 heavy (non-hydrogen) atoms. The predicted octanol–water partition coefficient (Wildman–Crippen LogP) is 2.81. The molecule has 0 bridgehead atoms. The van der Waals surface area contributed by atoms with Crippen LogP contribution in [0.15, 0.2) is 30.5 Å². The summed E-state index contributed by atoms with van der Waals surface area (Å²) in [5, 5.41) is 0.455. The summed E-state index contributed by atoms with van der Waals surface area (Å²) in [7, 11) is 0. The standard InChI is InChI=1S/C11H10ClN3O/c1-7-14-5-4-11(15-7)16-10-3-2-8(13)6-9(10)12/h2-6H,13H2,1H3. The molecule has 0 radical (unpaired) electrons. The third-order valence-corrected chi connectivity index (χ3v) is 2.22. The number of aryl methyl sites for hydroxylation is 1. The molecule has 2 aromatic rings. The molecule has 82 valence electrons. The third kappa shape index (κ3) is 2.41. The van der Waals surface area contributed by atoms with Crippen LogP contribution in [0.2, 0.25) is 5.02 Å². The molecule has 0 atom stereocenters. The summed E-state index contributed by atoms with van der Waals surface area (Å²) in [6, 6.07) is 6.72. The summed E-state index contributed by atoms with van der Waals surface area (Å²) >= 11 is 5.97. The van der Waals surface area contributed by atoms with Crippen LogP contribution in [-0.4, -0.2) is 9.97 Å². The topological polar surface area (TPSA) is 61.0 Å². The molecular formula is C11H10ClN3O. The number of nitrogen functional groups attached to an aromatic ring is 1. The molecular weight excluding hydrogens is 226 g/mol. The Kier molecular flexibility index (Phi) is 2.92. The van der Waals surface area contributed by atoms with Gasteiger partial charge in [0.2, 0.25) is 5.88 Å². The van der Waals surface area contributed by atoms with Crippen molar-refractivity contribution in [1.82, 2.24) is 9.97 Å². The maximum Gasteiger partial charge on any atom is 0.222 e. The van der Waals surface area contributed by atoms with Gasteiger partial charge < -0.3 is 10.5 Å². The molecule has 2 rings (SSSR count). The lowest BCUT2D eigenvalue weighted by Crippen LogP contribution is -1.93. The van der Waals surface area contributed by atoms with E-state index in [1.165, 1.54) is 0 Å². The number of nitrogens with two attached hydrogens (primary N) is 1. The van der Waals surface area contributed by atoms with Crippen LogP contribution in [0, 0.1) is 6.92 Å². The van der Waals surface area contributed by atoms with E-state index in [1.54, 1.807) is 37.4 Å². The highest BCUT2D eigenvalue weighted by Crippen LogP contribution is 2.29. The lowest BCUT2D eigenvalue weighted by atomic mass is 10.3. The maximum atomic E-state index is 5.97. The third-order valence-electron chi connectivity index (χ3n) is 1.92. The number of aromatic nitrogens is 2. The number of benzene rings is 1. The second-order valence-corrected chi connectivity index (χ2v) is 3.64. The zero-order valence-corrected chi connectivity index (χ0v) is 9.40. The summed E-state index contributed by atoms with van der Waals surface area (Å²) in [5.74, 6) is 1.62. The molecule has 0 fully saturated rings. The van der Waals surface area contributed by atoms with Crippen LogP contribution in [0.1, 0.15) is 5.82 Å². The molecule has 5 heteroatoms. The van der Waals surface area contributed by atoms with Crippen LogP contribution in [0.4, 0.5) is 5.69 Å². The maximum absolute atomic E-state index is 5.97. The molecule has 0 aliphatic rings. The first kappa shape index (κ1) is 10.7. The molecule has 1 heterocycles. The minimum Gasteiger partial charge on any atom is -0.437 e. The highest BCUT2D eigenvalue weighted by molar-refractivity contribution is 6.32. The van der Waals surface area contributed by atoms with Crippen LogP contribution < -0.4 is 10.5 Å². The summed E-state index contributed by atoms with van der Waals surface area (Å²) in [5.41, 5.74) is 6.17. The molecule has 1 aromatic carbocycles. The van der Waals surface area contributed by atoms with Crippen molar-refractivity contribution in [2.75, 3.05) is 5.73 Å². The van der Waals surface area contributed by atoms with Crippen molar-refractivity contribution in [1.29, 1.82) is 0 Å². The monoisotopic (exact) mass is 235 g/mol. The summed E-state index contributed by atoms with van der Waals surface area (Å²) in [4.78, 5) is 8.08. The first-order valence-corrected chi connectivity index (χ1v) is 5.05. The highest BCUT2D eigenvalue weighted by atomic mass is 35.5. The molecule has 0 saturated carbocycles. The van der Waals surface area contributed by atoms with E-state index in [9.17, 15) is 0 Å². The molecule has 4 nitrogen and oxygen atoms in total. The average Bonchev–Trinajstić information content (AvgIpc) is 2.22. The van der Waals surface area contributed by atoms with Gasteiger partial charge >= 0.3 is 0 Å². The van der Waals surface area contributed by atoms with Crippen molar-refractivity contribution in [3.63, 3.8) is 0 Å². The van der Waals surface area contributed by atoms with E-state index in [0.29, 0.717) is 28.2 Å². The first-order chi connectivity index (χ1) is 7.65. The minimum atomic E-state index is 0.455. The van der Waals surface area contributed by atoms with Crippen LogP contribution in [-0.2, 0) is 0 Å². The van der Waals surface area contributed by atoms with Gasteiger partial charge in [-0.15, -0.1) is 0 Å². The quantitative estimate of drug-likeness (QED) is 0.813. The molecule has 0 amide bonds. The Morgan fingerprint density at radius 2 is 2.12 bits per heavy atom. The van der Waals surface area contributed by atoms with E-state index < -0.39 is 0 Å². The van der Waals surface area contributed by atoms with Gasteiger partial charge in [0.05, 0.1) is 5.02 Å². The predicted molar refractivity (Wildman–Crippen MR) is 62.7 cm³/mol. The van der Waals surface area contributed by atoms with Crippen molar-refractivity contribution in [3.8, 4) is 11.6 Å². The molecule has 0 spiro atoms. The largest absolute Gasteiger partial charge is 0.437 e. The van der Waals surface area contributed by atoms with E-state index in [4.69, 9.17) is 22.1 Å². The number of anilines is 1. The van der Waals surface area contributed by atoms with Crippen LogP contribution >= 0.6 is 11.6 Å². The van der Waals surface area contributed by atoms with E-state index in [-0.39, 0.29) is 0 Å². The van der Waals surface area contributed by atoms with Gasteiger partial charge in [-0.1, -0.05) is 11.6 Å². The van der Waals surface area contributed by atoms with Gasteiger partial charge in [0.15, 0.2) is 0 Å². The number of halogens is 1. The second kappa shape index (κ2) is 4.37. The Balaban J connectivity index is 2.27. The Bertz CT molecular complexity index is 516. The van der Waals surface area contributed by atoms with Crippen LogP contribution in [0.3, 0.4) is 0 Å². The minimum absolute atomic E-state index is 0.455. The fourth-order valence-electron chi connectivity index (χ4n) is 1.20. The zero-order valence-electron chi connectivity index (χ0n) is 8.64. The Labute approximate surface area is 98.0 Å². The smallest absolute Gasteiger partial charge is 0.222 e. The van der Waals surface area contributed by atoms with Crippen molar-refractivity contribution in [2.45, 2.75) is 6.92 Å². The van der Waals surface area contributed by atoms with Crippen LogP contribution in [0.25, 0.3) is 0 Å². The summed E-state index contributed by atoms with van der Waals surface area (Å²) < 4.78 is 5.51. The number of nitrogens with zero attached hydrogens (tertiary/aromatic N) is 2. The molecule has 0 aliphatic carbocycles. The lowest BCUT2D eigenvalue weighted by molar-refractivity contribution is 0.460. The first-order valence-electron chi connectivity index (χ1n) is 4.67. The van der Waals surface area contributed by atoms with Crippen molar-refractivity contribution < 1.29 is 4.74 Å². The molecule has 0 saturated heterocycles. The fourth-order valence-corrected chi connectivity index (χ4v) is 1.43. The highest BCUT2D eigenvalue weighted by Gasteiger charge is 2.04. The molecule has 0 aliphatic heterocycles. The summed E-state index contributed by atoms with van der Waals surface area (Å²) in [6.45, 7) is 1.79. The second-order valence-electron chi connectivity index (χ2n) is 3.23. The Morgan fingerprint density at radius 3 is 2.81 bits per heavy atom. The molecule has 0 unspecified atom stereocenters. The molecule has 2 N–H and O–H groups in total. The number of hydrogen-bond donors (Lipinski definition) is 1. The Morgan fingerprint density at radius 1 is 1.31 bits per heavy atom. The van der Waals surface area contributed by atoms with Gasteiger partial charge in [-0.25, -0.2) is 4.98 Å². The van der Waals surface area contributed by atoms with Gasteiger partial charge in [-0.05, 0) is 25.1 Å². The fraction of sp³-hybridized carbons (Fsp3) is 0.0909. The molecule has 1 aromatic heterocycles. The number of rotatable bonds is 2. The van der Waals surface area contributed by atoms with Gasteiger partial charge in [0.1, 0.15) is 11.6 Å². The van der Waals surface area contributed by atoms with E-state index >= 15 is 0 Å². The number of ether oxygens (including phenoxy) is 1. The van der Waals surface area contributed by atoms with Gasteiger partial charge in [0.25, 0.3) is 0 Å². The SMILES string of the molecule is Cc1nccc(Oc2ccc(N)cc2Cl)n1. The van der Waals surface area contributed by atoms with E-state index in [2.05, 4.69) is 9.97 Å². The van der Waals surface area contributed by atoms with Crippen molar-refractivity contribution >= 4 is 17.3 Å². The van der Waals surface area contributed by atoms with Gasteiger partial charge in [-0.2, -0.15) is 4.98 Å². The lowest BCUT2D eigenvalue weighted by Gasteiger charge is -2.07. The van der Waals surface area contributed by atoms with Crippen LogP contribution in [0.5, 0.6) is 11.6 Å². The number of hydrogen-bond acceptors (Lipinski definition) is 4. The zero-order chi connectivity index (χ0) is 11.5. The van der Waals surface area contributed by atoms with Crippen molar-refractivity contribution in [2.24, 2.45) is 0 Å². The Hall–Kier alpha value is -1.81. The van der Waals surface area contributed by atoms with E-state index in [0.717, 1.165) is 0 Å². The van der Waals surface area contributed by atoms with Gasteiger partial charge in [0, 0.05) is 18.0 Å².